The van der Waals surface area contributed by atoms with Gasteiger partial charge in [-0.05, 0) is 86.4 Å². The predicted molar refractivity (Wildman–Crippen MR) is 137 cm³/mol. The van der Waals surface area contributed by atoms with Crippen molar-refractivity contribution < 1.29 is 28.1 Å². The van der Waals surface area contributed by atoms with Gasteiger partial charge >= 0.3 is 6.18 Å². The number of halogens is 4. The zero-order chi connectivity index (χ0) is 27.2. The van der Waals surface area contributed by atoms with Crippen LogP contribution >= 0.6 is 11.6 Å². The highest BCUT2D eigenvalue weighted by molar-refractivity contribution is 6.31. The minimum Gasteiger partial charge on any atom is -0.487 e. The molecule has 1 aromatic carbocycles. The van der Waals surface area contributed by atoms with Crippen LogP contribution in [0.3, 0.4) is 0 Å². The highest BCUT2D eigenvalue weighted by Gasteiger charge is 2.49. The molecule has 0 amide bonds. The van der Waals surface area contributed by atoms with Crippen LogP contribution in [0.1, 0.15) is 51.2 Å². The molecule has 37 heavy (non-hydrogen) atoms. The fourth-order valence-electron chi connectivity index (χ4n) is 5.79. The Kier molecular flexibility index (Phi) is 7.62. The number of benzene rings is 1. The van der Waals surface area contributed by atoms with Crippen LogP contribution in [0.2, 0.25) is 5.02 Å². The average Bonchev–Trinajstić information content (AvgIpc) is 2.78. The van der Waals surface area contributed by atoms with Gasteiger partial charge in [0.05, 0.1) is 22.7 Å². The molecule has 1 fully saturated rings. The molecule has 0 spiro atoms. The van der Waals surface area contributed by atoms with Crippen LogP contribution in [0, 0.1) is 24.2 Å². The Morgan fingerprint density at radius 2 is 2.03 bits per heavy atom. The van der Waals surface area contributed by atoms with E-state index in [-0.39, 0.29) is 16.9 Å². The zero-order valence-corrected chi connectivity index (χ0v) is 22.1. The van der Waals surface area contributed by atoms with Gasteiger partial charge in [-0.15, -0.1) is 6.42 Å². The number of likely N-dealkylation sites (tertiary alicyclic amines) is 1. The molecular weight excluding hydrogens is 503 g/mol. The normalized spacial score (nSPS) is 23.7. The first kappa shape index (κ1) is 27.8. The van der Waals surface area contributed by atoms with Gasteiger partial charge < -0.3 is 14.9 Å². The van der Waals surface area contributed by atoms with Crippen LogP contribution in [0.25, 0.3) is 0 Å². The van der Waals surface area contributed by atoms with Crippen LogP contribution in [-0.2, 0) is 17.3 Å². The maximum atomic E-state index is 13.2. The van der Waals surface area contributed by atoms with E-state index in [2.05, 4.69) is 10.8 Å². The number of piperidine rings is 1. The van der Waals surface area contributed by atoms with E-state index in [1.54, 1.807) is 6.07 Å². The molecule has 4 rings (SSSR count). The van der Waals surface area contributed by atoms with E-state index >= 15 is 0 Å². The van der Waals surface area contributed by atoms with Crippen LogP contribution < -0.4 is 0 Å². The number of aryl methyl sites for hydroxylation is 1. The molecule has 2 unspecified atom stereocenters. The lowest BCUT2D eigenvalue weighted by Crippen LogP contribution is -2.51. The SMILES string of the molecule is C#CCN1CCC2C(=C3C(=CC(C(C)CCCc4ccc(Cl)c(C(F)(F)F)c4)=CC3(O)O)OC2(C)C)C1. The van der Waals surface area contributed by atoms with Crippen molar-refractivity contribution in [2.24, 2.45) is 11.8 Å². The standard InChI is InChI=1S/C29H33ClF3NO3/c1-5-12-34-13-11-22-21(17-34)26-25(37-27(22,3)4)15-20(16-28(26,35)36)18(2)7-6-8-19-9-10-24(30)23(14-19)29(31,32)33/h1,9-10,14-16,18,22,35-36H,6-8,11-13,17H2,2-4H3. The molecule has 0 aromatic heterocycles. The first-order valence-corrected chi connectivity index (χ1v) is 12.9. The smallest absolute Gasteiger partial charge is 0.417 e. The van der Waals surface area contributed by atoms with Crippen LogP contribution in [-0.4, -0.2) is 46.1 Å². The van der Waals surface area contributed by atoms with Crippen molar-refractivity contribution in [1.29, 1.82) is 0 Å². The Balaban J connectivity index is 1.52. The monoisotopic (exact) mass is 535 g/mol. The Hall–Kier alpha value is -2.24. The molecule has 2 N–H and O–H groups in total. The van der Waals surface area contributed by atoms with E-state index in [1.807, 2.05) is 26.8 Å². The summed E-state index contributed by atoms with van der Waals surface area (Å²) in [5.74, 6) is 0.918. The summed E-state index contributed by atoms with van der Waals surface area (Å²) < 4.78 is 45.9. The molecule has 1 saturated heterocycles. The molecule has 0 radical (unpaired) electrons. The molecule has 0 saturated carbocycles. The number of hydrogen-bond donors (Lipinski definition) is 2. The van der Waals surface area contributed by atoms with E-state index in [4.69, 9.17) is 22.8 Å². The Morgan fingerprint density at radius 3 is 2.70 bits per heavy atom. The Bertz CT molecular complexity index is 1190. The minimum absolute atomic E-state index is 0.0423. The van der Waals surface area contributed by atoms with E-state index in [0.717, 1.165) is 30.2 Å². The maximum Gasteiger partial charge on any atom is 0.417 e. The largest absolute Gasteiger partial charge is 0.487 e. The summed E-state index contributed by atoms with van der Waals surface area (Å²) in [5, 5.41) is 22.0. The van der Waals surface area contributed by atoms with E-state index in [0.29, 0.717) is 49.2 Å². The molecule has 3 aliphatic rings. The summed E-state index contributed by atoms with van der Waals surface area (Å²) in [5.41, 5.74) is 1.28. The molecule has 2 atom stereocenters. The Morgan fingerprint density at radius 1 is 1.30 bits per heavy atom. The van der Waals surface area contributed by atoms with Gasteiger partial charge in [-0.2, -0.15) is 13.2 Å². The van der Waals surface area contributed by atoms with Crippen molar-refractivity contribution in [2.45, 2.75) is 64.0 Å². The van der Waals surface area contributed by atoms with Crippen molar-refractivity contribution in [3.05, 3.63) is 69.0 Å². The number of rotatable bonds is 6. The van der Waals surface area contributed by atoms with Crippen LogP contribution in [0.5, 0.6) is 0 Å². The van der Waals surface area contributed by atoms with Crippen LogP contribution in [0.4, 0.5) is 13.2 Å². The van der Waals surface area contributed by atoms with Crippen molar-refractivity contribution in [3.8, 4) is 12.3 Å². The fraction of sp³-hybridized carbons (Fsp3) is 0.517. The van der Waals surface area contributed by atoms with Crippen molar-refractivity contribution in [1.82, 2.24) is 4.90 Å². The molecule has 1 aliphatic carbocycles. The van der Waals surface area contributed by atoms with Gasteiger partial charge in [-0.25, -0.2) is 0 Å². The quantitative estimate of drug-likeness (QED) is 0.353. The van der Waals surface area contributed by atoms with Gasteiger partial charge in [0.1, 0.15) is 11.4 Å². The van der Waals surface area contributed by atoms with Crippen LogP contribution in [0.15, 0.2) is 52.8 Å². The topological polar surface area (TPSA) is 52.9 Å². The molecule has 200 valence electrons. The summed E-state index contributed by atoms with van der Waals surface area (Å²) in [7, 11) is 0. The van der Waals surface area contributed by atoms with Crippen molar-refractivity contribution in [2.75, 3.05) is 19.6 Å². The van der Waals surface area contributed by atoms with E-state index in [1.165, 1.54) is 12.1 Å². The number of alkyl halides is 3. The molecule has 1 aromatic rings. The maximum absolute atomic E-state index is 13.2. The van der Waals surface area contributed by atoms with E-state index < -0.39 is 23.1 Å². The number of ether oxygens (including phenoxy) is 1. The molecule has 8 heteroatoms. The summed E-state index contributed by atoms with van der Waals surface area (Å²) in [6, 6.07) is 3.99. The van der Waals surface area contributed by atoms with Gasteiger partial charge in [0, 0.05) is 19.0 Å². The highest BCUT2D eigenvalue weighted by Crippen LogP contribution is 2.49. The summed E-state index contributed by atoms with van der Waals surface area (Å²) >= 11 is 5.73. The van der Waals surface area contributed by atoms with Crippen molar-refractivity contribution in [3.63, 3.8) is 0 Å². The summed E-state index contributed by atoms with van der Waals surface area (Å²) in [4.78, 5) is 2.12. The minimum atomic E-state index is -4.50. The second-order valence-corrected chi connectivity index (χ2v) is 11.3. The predicted octanol–water partition coefficient (Wildman–Crippen LogP) is 5.88. The van der Waals surface area contributed by atoms with Gasteiger partial charge in [0.15, 0.2) is 0 Å². The zero-order valence-electron chi connectivity index (χ0n) is 21.3. The fourth-order valence-corrected chi connectivity index (χ4v) is 6.01. The third-order valence-electron chi connectivity index (χ3n) is 7.68. The molecule has 0 bridgehead atoms. The van der Waals surface area contributed by atoms with Gasteiger partial charge in [-0.3, -0.25) is 4.90 Å². The Labute approximate surface area is 221 Å². The molecule has 2 aliphatic heterocycles. The number of allylic oxidation sites excluding steroid dienone is 2. The molecular formula is C29H33ClF3NO3. The van der Waals surface area contributed by atoms with Gasteiger partial charge in [-0.1, -0.05) is 30.5 Å². The second kappa shape index (κ2) is 10.1. The number of fused-ring (bicyclic) bond motifs is 2. The summed E-state index contributed by atoms with van der Waals surface area (Å²) in [6.07, 6.45) is 6.88. The molecule has 2 heterocycles. The average molecular weight is 536 g/mol. The summed E-state index contributed by atoms with van der Waals surface area (Å²) in [6.45, 7) is 7.86. The highest BCUT2D eigenvalue weighted by atomic mass is 35.5. The lowest BCUT2D eigenvalue weighted by molar-refractivity contribution is -0.137. The number of hydrogen-bond acceptors (Lipinski definition) is 4. The first-order valence-electron chi connectivity index (χ1n) is 12.6. The third kappa shape index (κ3) is 5.78. The number of nitrogens with zero attached hydrogens (tertiary/aromatic N) is 1. The number of terminal acetylenes is 1. The van der Waals surface area contributed by atoms with Crippen molar-refractivity contribution >= 4 is 11.6 Å². The number of aliphatic hydroxyl groups is 2. The van der Waals surface area contributed by atoms with E-state index in [9.17, 15) is 23.4 Å². The van der Waals surface area contributed by atoms with Gasteiger partial charge in [0.2, 0.25) is 5.79 Å². The second-order valence-electron chi connectivity index (χ2n) is 10.8. The first-order chi connectivity index (χ1) is 17.2. The van der Waals surface area contributed by atoms with Gasteiger partial charge in [0.25, 0.3) is 0 Å². The lowest BCUT2D eigenvalue weighted by atomic mass is 9.71. The molecule has 4 nitrogen and oxygen atoms in total. The third-order valence-corrected chi connectivity index (χ3v) is 8.01. The lowest BCUT2D eigenvalue weighted by Gasteiger charge is -2.49.